The van der Waals surface area contributed by atoms with Gasteiger partial charge in [-0.15, -0.1) is 0 Å². The topological polar surface area (TPSA) is 134 Å². The number of aromatic nitrogens is 2. The highest BCUT2D eigenvalue weighted by atomic mass is 32.1. The molecule has 0 aliphatic carbocycles. The number of nitrogens with zero attached hydrogens (tertiary/aromatic N) is 1. The van der Waals surface area contributed by atoms with Crippen LogP contribution in [-0.4, -0.2) is 43.3 Å². The lowest BCUT2D eigenvalue weighted by atomic mass is 10.2. The van der Waals surface area contributed by atoms with Crippen LogP contribution in [0.4, 0.5) is 0 Å². The van der Waals surface area contributed by atoms with Crippen molar-refractivity contribution in [2.75, 3.05) is 6.61 Å². The zero-order valence-corrected chi connectivity index (χ0v) is 12.7. The average Bonchev–Trinajstić information content (AvgIpc) is 2.74. The fourth-order valence-corrected chi connectivity index (χ4v) is 2.96. The molecule has 2 heterocycles. The number of phosphoric acid groups is 1. The van der Waals surface area contributed by atoms with Gasteiger partial charge in [-0.2, -0.15) is 0 Å². The van der Waals surface area contributed by atoms with E-state index in [0.717, 1.165) is 0 Å². The number of ether oxygens (including phenoxy) is 1. The molecule has 0 amide bonds. The zero-order valence-electron chi connectivity index (χ0n) is 11.0. The first kappa shape index (κ1) is 16.5. The minimum absolute atomic E-state index is 0.0795. The zero-order chi connectivity index (χ0) is 15.8. The van der Waals surface area contributed by atoms with Crippen molar-refractivity contribution in [1.29, 1.82) is 0 Å². The summed E-state index contributed by atoms with van der Waals surface area (Å²) in [5.74, 6) is 0. The molecule has 1 aromatic heterocycles. The van der Waals surface area contributed by atoms with Gasteiger partial charge < -0.3 is 19.6 Å². The van der Waals surface area contributed by atoms with E-state index in [4.69, 9.17) is 26.7 Å². The standard InChI is InChI=1S/C10H15N2O7PS/c1-5-3-12(10(21)11-9(5)14)8-2-6(7(4-13)18-8)19-20(15,16)17/h3,6-8,13H,2,4H2,1H3,(H,11,14,21)(H2,15,16,17)/t6-,7+,8+/m0/s1. The van der Waals surface area contributed by atoms with E-state index in [-0.39, 0.29) is 16.8 Å². The van der Waals surface area contributed by atoms with Crippen molar-refractivity contribution in [2.24, 2.45) is 0 Å². The number of aryl methyl sites for hydroxylation is 1. The highest BCUT2D eigenvalue weighted by Gasteiger charge is 2.40. The van der Waals surface area contributed by atoms with Gasteiger partial charge in [0.05, 0.1) is 6.61 Å². The van der Waals surface area contributed by atoms with Crippen LogP contribution in [0, 0.1) is 11.7 Å². The van der Waals surface area contributed by atoms with Crippen LogP contribution in [0.1, 0.15) is 18.2 Å². The predicted molar refractivity (Wildman–Crippen MR) is 73.2 cm³/mol. The van der Waals surface area contributed by atoms with Gasteiger partial charge in [-0.25, -0.2) is 4.57 Å². The molecule has 4 N–H and O–H groups in total. The molecule has 0 radical (unpaired) electrons. The number of phosphoric ester groups is 1. The molecule has 0 bridgehead atoms. The van der Waals surface area contributed by atoms with Crippen LogP contribution >= 0.6 is 20.0 Å². The Morgan fingerprint density at radius 3 is 2.86 bits per heavy atom. The molecule has 2 rings (SSSR count). The van der Waals surface area contributed by atoms with E-state index in [0.29, 0.717) is 5.56 Å². The number of rotatable bonds is 4. The third-order valence-corrected chi connectivity index (χ3v) is 3.95. The summed E-state index contributed by atoms with van der Waals surface area (Å²) in [5.41, 5.74) is 0.0862. The Morgan fingerprint density at radius 1 is 1.62 bits per heavy atom. The van der Waals surface area contributed by atoms with Gasteiger partial charge in [0.1, 0.15) is 18.4 Å². The molecule has 1 aliphatic heterocycles. The molecular weight excluding hydrogens is 323 g/mol. The fraction of sp³-hybridized carbons (Fsp3) is 0.600. The number of hydrogen-bond acceptors (Lipinski definition) is 6. The second-order valence-corrected chi connectivity index (χ2v) is 6.24. The molecule has 9 nitrogen and oxygen atoms in total. The van der Waals surface area contributed by atoms with Crippen molar-refractivity contribution in [3.05, 3.63) is 26.9 Å². The van der Waals surface area contributed by atoms with Gasteiger partial charge in [0, 0.05) is 18.2 Å². The fourth-order valence-electron chi connectivity index (χ4n) is 2.12. The Labute approximate surface area is 124 Å². The molecule has 1 aliphatic rings. The largest absolute Gasteiger partial charge is 0.469 e. The average molecular weight is 338 g/mol. The minimum Gasteiger partial charge on any atom is -0.394 e. The van der Waals surface area contributed by atoms with Gasteiger partial charge in [0.15, 0.2) is 4.77 Å². The number of aliphatic hydroxyl groups is 1. The first-order chi connectivity index (χ1) is 9.71. The molecule has 118 valence electrons. The summed E-state index contributed by atoms with van der Waals surface area (Å²) in [7, 11) is -4.70. The lowest BCUT2D eigenvalue weighted by Gasteiger charge is -2.16. The van der Waals surface area contributed by atoms with Crippen molar-refractivity contribution >= 4 is 20.0 Å². The van der Waals surface area contributed by atoms with Crippen LogP contribution in [0.3, 0.4) is 0 Å². The van der Waals surface area contributed by atoms with Gasteiger partial charge in [-0.3, -0.25) is 18.9 Å². The highest BCUT2D eigenvalue weighted by molar-refractivity contribution is 7.71. The van der Waals surface area contributed by atoms with Crippen molar-refractivity contribution in [3.63, 3.8) is 0 Å². The summed E-state index contributed by atoms with van der Waals surface area (Å²) < 4.78 is 22.6. The van der Waals surface area contributed by atoms with E-state index in [2.05, 4.69) is 9.51 Å². The molecule has 21 heavy (non-hydrogen) atoms. The summed E-state index contributed by atoms with van der Waals surface area (Å²) in [6.07, 6.45) is -0.996. The molecule has 11 heteroatoms. The second kappa shape index (κ2) is 6.09. The quantitative estimate of drug-likeness (QED) is 0.444. The van der Waals surface area contributed by atoms with E-state index < -0.39 is 32.9 Å². The van der Waals surface area contributed by atoms with Gasteiger partial charge in [0.2, 0.25) is 0 Å². The Morgan fingerprint density at radius 2 is 2.29 bits per heavy atom. The summed E-state index contributed by atoms with van der Waals surface area (Å²) in [6.45, 7) is 1.13. The molecular formula is C10H15N2O7PS. The second-order valence-electron chi connectivity index (χ2n) is 4.66. The van der Waals surface area contributed by atoms with E-state index in [1.165, 1.54) is 10.8 Å². The lowest BCUT2D eigenvalue weighted by Crippen LogP contribution is -2.27. The maximum Gasteiger partial charge on any atom is 0.469 e. The van der Waals surface area contributed by atoms with Crippen LogP contribution < -0.4 is 5.56 Å². The van der Waals surface area contributed by atoms with E-state index in [9.17, 15) is 14.5 Å². The highest BCUT2D eigenvalue weighted by Crippen LogP contribution is 2.43. The van der Waals surface area contributed by atoms with Crippen molar-refractivity contribution in [2.45, 2.75) is 31.8 Å². The third-order valence-electron chi connectivity index (χ3n) is 3.09. The molecule has 1 aromatic rings. The lowest BCUT2D eigenvalue weighted by molar-refractivity contribution is -0.0447. The van der Waals surface area contributed by atoms with Crippen molar-refractivity contribution in [1.82, 2.24) is 9.55 Å². The molecule has 0 spiro atoms. The molecule has 0 saturated carbocycles. The summed E-state index contributed by atoms with van der Waals surface area (Å²) in [4.78, 5) is 31.6. The van der Waals surface area contributed by atoms with Crippen LogP contribution in [0.15, 0.2) is 11.0 Å². The summed E-state index contributed by atoms with van der Waals surface area (Å²) in [5, 5.41) is 9.21. The Balaban J connectivity index is 2.27. The predicted octanol–water partition coefficient (Wildman–Crippen LogP) is -0.0280. The number of nitrogens with one attached hydrogen (secondary N) is 1. The number of H-pyrrole nitrogens is 1. The maximum absolute atomic E-state index is 11.4. The van der Waals surface area contributed by atoms with Crippen LogP contribution in [-0.2, 0) is 13.8 Å². The summed E-state index contributed by atoms with van der Waals surface area (Å²) >= 11 is 5.03. The van der Waals surface area contributed by atoms with Gasteiger partial charge in [-0.1, -0.05) is 0 Å². The number of aromatic amines is 1. The van der Waals surface area contributed by atoms with E-state index in [1.54, 1.807) is 6.92 Å². The Hall–Kier alpha value is -0.870. The van der Waals surface area contributed by atoms with E-state index in [1.807, 2.05) is 0 Å². The van der Waals surface area contributed by atoms with Crippen LogP contribution in [0.5, 0.6) is 0 Å². The SMILES string of the molecule is Cc1cn([C@H]2C[C@H](OP(=O)(O)O)[C@@H](CO)O2)c(=S)[nH]c1=O. The molecule has 0 aromatic carbocycles. The molecule has 0 unspecified atom stereocenters. The molecule has 1 fully saturated rings. The Kier molecular flexibility index (Phi) is 4.79. The van der Waals surface area contributed by atoms with Gasteiger partial charge in [0.25, 0.3) is 5.56 Å². The Bertz CT molecular complexity index is 681. The smallest absolute Gasteiger partial charge is 0.394 e. The summed E-state index contributed by atoms with van der Waals surface area (Å²) in [6, 6.07) is 0. The minimum atomic E-state index is -4.70. The normalized spacial score (nSPS) is 26.2. The third kappa shape index (κ3) is 3.86. The van der Waals surface area contributed by atoms with Gasteiger partial charge in [-0.05, 0) is 19.1 Å². The van der Waals surface area contributed by atoms with Crippen LogP contribution in [0.2, 0.25) is 0 Å². The number of hydrogen-bond donors (Lipinski definition) is 4. The van der Waals surface area contributed by atoms with Crippen molar-refractivity contribution < 1.29 is 28.7 Å². The first-order valence-corrected chi connectivity index (χ1v) is 7.97. The number of aliphatic hydroxyl groups excluding tert-OH is 1. The molecule has 3 atom stereocenters. The first-order valence-electron chi connectivity index (χ1n) is 6.03. The van der Waals surface area contributed by atoms with E-state index >= 15 is 0 Å². The van der Waals surface area contributed by atoms with Gasteiger partial charge >= 0.3 is 7.82 Å². The van der Waals surface area contributed by atoms with Crippen molar-refractivity contribution in [3.8, 4) is 0 Å². The van der Waals surface area contributed by atoms with Crippen LogP contribution in [0.25, 0.3) is 0 Å². The maximum atomic E-state index is 11.4. The molecule has 1 saturated heterocycles. The monoisotopic (exact) mass is 338 g/mol.